The third-order valence-electron chi connectivity index (χ3n) is 4.76. The third kappa shape index (κ3) is 3.46. The summed E-state index contributed by atoms with van der Waals surface area (Å²) in [6.45, 7) is -0.184. The second-order valence-electron chi connectivity index (χ2n) is 6.78. The van der Waals surface area contributed by atoms with E-state index in [1.54, 1.807) is 6.07 Å². The Hall–Kier alpha value is -3.84. The van der Waals surface area contributed by atoms with E-state index < -0.39 is 0 Å². The molecule has 5 aromatic rings. The number of rotatable bonds is 4. The van der Waals surface area contributed by atoms with E-state index in [1.165, 1.54) is 22.1 Å². The summed E-state index contributed by atoms with van der Waals surface area (Å²) in [5, 5.41) is 9.77. The highest BCUT2D eigenvalue weighted by atomic mass is 32.1. The molecule has 2 heterocycles. The number of amides is 1. The molecule has 0 radical (unpaired) electrons. The van der Waals surface area contributed by atoms with Crippen LogP contribution in [0.1, 0.15) is 0 Å². The van der Waals surface area contributed by atoms with Crippen molar-refractivity contribution in [3.05, 3.63) is 89.2 Å². The van der Waals surface area contributed by atoms with E-state index in [1.807, 2.05) is 66.7 Å². The number of hydrogen-bond acceptors (Lipinski definition) is 5. The molecule has 0 atom stereocenters. The summed E-state index contributed by atoms with van der Waals surface area (Å²) in [7, 11) is 0. The highest BCUT2D eigenvalue weighted by molar-refractivity contribution is 7.22. The fraction of sp³-hybridized carbons (Fsp3) is 0.0435. The quantitative estimate of drug-likeness (QED) is 0.477. The molecule has 0 fully saturated rings. The fourth-order valence-corrected chi connectivity index (χ4v) is 4.23. The monoisotopic (exact) mass is 412 g/mol. The lowest BCUT2D eigenvalue weighted by atomic mass is 10.1. The first-order chi connectivity index (χ1) is 14.7. The van der Waals surface area contributed by atoms with Crippen molar-refractivity contribution in [2.24, 2.45) is 0 Å². The molecule has 0 spiro atoms. The molecule has 0 bridgehead atoms. The van der Waals surface area contributed by atoms with Crippen LogP contribution in [0.15, 0.2) is 83.7 Å². The number of nitrogens with one attached hydrogen (secondary N) is 1. The van der Waals surface area contributed by atoms with Gasteiger partial charge in [0.15, 0.2) is 5.13 Å². The van der Waals surface area contributed by atoms with E-state index in [-0.39, 0.29) is 18.0 Å². The van der Waals surface area contributed by atoms with E-state index in [0.717, 1.165) is 26.6 Å². The van der Waals surface area contributed by atoms with Gasteiger partial charge in [0, 0.05) is 17.0 Å². The van der Waals surface area contributed by atoms with Crippen LogP contribution in [0.5, 0.6) is 0 Å². The van der Waals surface area contributed by atoms with Crippen molar-refractivity contribution in [3.63, 3.8) is 0 Å². The first-order valence-corrected chi connectivity index (χ1v) is 10.2. The number of fused-ring (bicyclic) bond motifs is 3. The van der Waals surface area contributed by atoms with Gasteiger partial charge < -0.3 is 5.32 Å². The first kappa shape index (κ1) is 18.2. The van der Waals surface area contributed by atoms with Crippen molar-refractivity contribution >= 4 is 43.4 Å². The van der Waals surface area contributed by atoms with E-state index in [2.05, 4.69) is 15.4 Å². The Morgan fingerprint density at radius 1 is 0.933 bits per heavy atom. The van der Waals surface area contributed by atoms with Crippen molar-refractivity contribution < 1.29 is 4.79 Å². The minimum absolute atomic E-state index is 0.184. The number of nitrogens with zero attached hydrogens (tertiary/aromatic N) is 3. The number of benzene rings is 3. The summed E-state index contributed by atoms with van der Waals surface area (Å²) >= 11 is 1.40. The van der Waals surface area contributed by atoms with Crippen LogP contribution in [0, 0.1) is 0 Å². The molecule has 6 nitrogen and oxygen atoms in total. The topological polar surface area (TPSA) is 76.9 Å². The Labute approximate surface area is 175 Å². The molecule has 1 N–H and O–H groups in total. The standard InChI is InChI=1S/C23H16N4O2S/c28-20(14-27-21(29)13-11-18(26-27)16-7-2-1-3-8-16)24-23-25-22-17-9-5-4-6-15(17)10-12-19(22)30-23/h1-13H,14H2,(H,24,25,28). The lowest BCUT2D eigenvalue weighted by Crippen LogP contribution is -2.29. The maximum atomic E-state index is 12.6. The number of anilines is 1. The van der Waals surface area contributed by atoms with Crippen LogP contribution in [-0.2, 0) is 11.3 Å². The van der Waals surface area contributed by atoms with Crippen LogP contribution in [0.3, 0.4) is 0 Å². The average Bonchev–Trinajstić information content (AvgIpc) is 3.19. The average molecular weight is 412 g/mol. The highest BCUT2D eigenvalue weighted by Gasteiger charge is 2.12. The van der Waals surface area contributed by atoms with Gasteiger partial charge in [-0.1, -0.05) is 72.0 Å². The molecule has 5 rings (SSSR count). The summed E-state index contributed by atoms with van der Waals surface area (Å²) in [5.74, 6) is -0.349. The highest BCUT2D eigenvalue weighted by Crippen LogP contribution is 2.31. The van der Waals surface area contributed by atoms with Gasteiger partial charge in [0.25, 0.3) is 5.56 Å². The van der Waals surface area contributed by atoms with Crippen molar-refractivity contribution in [2.75, 3.05) is 5.32 Å². The maximum absolute atomic E-state index is 12.6. The zero-order valence-electron chi connectivity index (χ0n) is 15.8. The number of carbonyl (C=O) groups is 1. The molecule has 1 amide bonds. The molecule has 3 aromatic carbocycles. The van der Waals surface area contributed by atoms with Gasteiger partial charge in [0.1, 0.15) is 6.54 Å². The summed E-state index contributed by atoms with van der Waals surface area (Å²) in [4.78, 5) is 29.4. The third-order valence-corrected chi connectivity index (χ3v) is 5.70. The smallest absolute Gasteiger partial charge is 0.267 e. The predicted molar refractivity (Wildman–Crippen MR) is 120 cm³/mol. The molecule has 0 aliphatic carbocycles. The summed E-state index contributed by atoms with van der Waals surface area (Å²) in [6.07, 6.45) is 0. The number of hydrogen-bond donors (Lipinski definition) is 1. The minimum Gasteiger partial charge on any atom is -0.300 e. The van der Waals surface area contributed by atoms with Gasteiger partial charge >= 0.3 is 0 Å². The lowest BCUT2D eigenvalue weighted by molar-refractivity contribution is -0.117. The molecule has 0 saturated heterocycles. The zero-order valence-corrected chi connectivity index (χ0v) is 16.6. The molecule has 0 aliphatic rings. The number of thiazole rings is 1. The second-order valence-corrected chi connectivity index (χ2v) is 7.81. The van der Waals surface area contributed by atoms with Gasteiger partial charge in [0.2, 0.25) is 5.91 Å². The van der Waals surface area contributed by atoms with E-state index in [4.69, 9.17) is 0 Å². The molecule has 30 heavy (non-hydrogen) atoms. The van der Waals surface area contributed by atoms with Crippen LogP contribution < -0.4 is 10.9 Å². The van der Waals surface area contributed by atoms with Crippen molar-refractivity contribution in [3.8, 4) is 11.3 Å². The Kier molecular flexibility index (Phi) is 4.57. The van der Waals surface area contributed by atoms with Crippen LogP contribution in [-0.4, -0.2) is 20.7 Å². The van der Waals surface area contributed by atoms with Gasteiger partial charge in [-0.05, 0) is 17.5 Å². The van der Waals surface area contributed by atoms with Crippen molar-refractivity contribution in [1.82, 2.24) is 14.8 Å². The Morgan fingerprint density at radius 2 is 1.73 bits per heavy atom. The normalized spacial score (nSPS) is 11.1. The molecule has 2 aromatic heterocycles. The minimum atomic E-state index is -0.349. The van der Waals surface area contributed by atoms with Crippen LogP contribution >= 0.6 is 11.3 Å². The molecular formula is C23H16N4O2S. The molecular weight excluding hydrogens is 396 g/mol. The zero-order chi connectivity index (χ0) is 20.5. The summed E-state index contributed by atoms with van der Waals surface area (Å²) < 4.78 is 2.16. The molecule has 0 unspecified atom stereocenters. The van der Waals surface area contributed by atoms with Crippen LogP contribution in [0.4, 0.5) is 5.13 Å². The summed E-state index contributed by atoms with van der Waals surface area (Å²) in [6, 6.07) is 24.6. The Balaban J connectivity index is 1.40. The van der Waals surface area contributed by atoms with Gasteiger partial charge in [-0.2, -0.15) is 5.10 Å². The van der Waals surface area contributed by atoms with Crippen LogP contribution in [0.2, 0.25) is 0 Å². The molecule has 7 heteroatoms. The Bertz CT molecular complexity index is 1440. The fourth-order valence-electron chi connectivity index (χ4n) is 3.33. The largest absolute Gasteiger partial charge is 0.300 e. The van der Waals surface area contributed by atoms with Gasteiger partial charge in [-0.15, -0.1) is 0 Å². The van der Waals surface area contributed by atoms with Crippen molar-refractivity contribution in [1.29, 1.82) is 0 Å². The molecule has 0 aliphatic heterocycles. The summed E-state index contributed by atoms with van der Waals surface area (Å²) in [5.41, 5.74) is 2.04. The van der Waals surface area contributed by atoms with Crippen molar-refractivity contribution in [2.45, 2.75) is 6.54 Å². The Morgan fingerprint density at radius 3 is 2.60 bits per heavy atom. The second kappa shape index (κ2) is 7.53. The molecule has 0 saturated carbocycles. The van der Waals surface area contributed by atoms with Gasteiger partial charge in [0.05, 0.1) is 15.9 Å². The SMILES string of the molecule is O=C(Cn1nc(-c2ccccc2)ccc1=O)Nc1nc2c(ccc3ccccc32)s1. The van der Waals surface area contributed by atoms with Gasteiger partial charge in [-0.3, -0.25) is 9.59 Å². The van der Waals surface area contributed by atoms with Gasteiger partial charge in [-0.25, -0.2) is 9.67 Å². The number of aromatic nitrogens is 3. The number of carbonyl (C=O) groups excluding carboxylic acids is 1. The molecule has 146 valence electrons. The van der Waals surface area contributed by atoms with Crippen LogP contribution in [0.25, 0.3) is 32.2 Å². The maximum Gasteiger partial charge on any atom is 0.267 e. The predicted octanol–water partition coefficient (Wildman–Crippen LogP) is 4.31. The first-order valence-electron chi connectivity index (χ1n) is 9.39. The van der Waals surface area contributed by atoms with E-state index in [0.29, 0.717) is 10.8 Å². The lowest BCUT2D eigenvalue weighted by Gasteiger charge is -2.07. The van der Waals surface area contributed by atoms with E-state index >= 15 is 0 Å². The van der Waals surface area contributed by atoms with E-state index in [9.17, 15) is 9.59 Å².